The number of hydrogen-bond acceptors (Lipinski definition) is 5. The Balaban J connectivity index is 0.997. The lowest BCUT2D eigenvalue weighted by atomic mass is 10.0. The molecule has 2 N–H and O–H groups in total. The van der Waals surface area contributed by atoms with E-state index in [0.717, 1.165) is 56.9 Å². The van der Waals surface area contributed by atoms with Gasteiger partial charge in [0.05, 0.1) is 11.7 Å². The van der Waals surface area contributed by atoms with Crippen LogP contribution in [0.25, 0.3) is 11.1 Å². The Bertz CT molecular complexity index is 1230. The number of ether oxygens (including phenoxy) is 1. The molecular formula is C35H46FN3O3. The lowest BCUT2D eigenvalue weighted by molar-refractivity contribution is 0.0165. The second kappa shape index (κ2) is 16.9. The van der Waals surface area contributed by atoms with Crippen molar-refractivity contribution < 1.29 is 19.0 Å². The normalized spacial score (nSPS) is 14.1. The fourth-order valence-electron chi connectivity index (χ4n) is 5.60. The van der Waals surface area contributed by atoms with E-state index in [1.807, 2.05) is 6.07 Å². The second-order valence-corrected chi connectivity index (χ2v) is 11.3. The molecule has 1 heterocycles. The van der Waals surface area contributed by atoms with Crippen molar-refractivity contribution in [2.24, 2.45) is 0 Å². The van der Waals surface area contributed by atoms with Crippen molar-refractivity contribution in [2.45, 2.75) is 63.9 Å². The third kappa shape index (κ3) is 9.85. The van der Waals surface area contributed by atoms with Crippen molar-refractivity contribution in [3.63, 3.8) is 0 Å². The van der Waals surface area contributed by atoms with Crippen molar-refractivity contribution in [1.82, 2.24) is 9.80 Å². The molecular weight excluding hydrogens is 529 g/mol. The molecule has 3 aromatic carbocycles. The summed E-state index contributed by atoms with van der Waals surface area (Å²) < 4.78 is 19.3. The maximum atomic E-state index is 13.2. The van der Waals surface area contributed by atoms with Gasteiger partial charge in [-0.05, 0) is 56.0 Å². The van der Waals surface area contributed by atoms with Crippen molar-refractivity contribution in [1.29, 1.82) is 0 Å². The minimum absolute atomic E-state index is 0.147. The summed E-state index contributed by atoms with van der Waals surface area (Å²) in [4.78, 5) is 16.6. The minimum Gasteiger partial charge on any atom is -0.507 e. The fraction of sp³-hybridized carbons (Fsp3) is 0.457. The Labute approximate surface area is 250 Å². The number of unbranched alkanes of at least 4 members (excludes halogenated alkanes) is 6. The second-order valence-electron chi connectivity index (χ2n) is 11.3. The molecule has 7 heteroatoms. The molecule has 1 aliphatic rings. The van der Waals surface area contributed by atoms with Gasteiger partial charge in [-0.25, -0.2) is 4.39 Å². The van der Waals surface area contributed by atoms with Crippen LogP contribution in [0.5, 0.6) is 5.75 Å². The maximum absolute atomic E-state index is 13.2. The molecule has 0 atom stereocenters. The van der Waals surface area contributed by atoms with Crippen LogP contribution in [0.3, 0.4) is 0 Å². The average molecular weight is 576 g/mol. The van der Waals surface area contributed by atoms with Gasteiger partial charge in [0.1, 0.15) is 18.3 Å². The molecule has 226 valence electrons. The molecule has 1 fully saturated rings. The van der Waals surface area contributed by atoms with Gasteiger partial charge in [-0.15, -0.1) is 0 Å². The molecule has 0 spiro atoms. The van der Waals surface area contributed by atoms with Crippen molar-refractivity contribution in [3.8, 4) is 16.9 Å². The van der Waals surface area contributed by atoms with E-state index in [0.29, 0.717) is 19.4 Å². The standard InChI is InChI=1S/C35H46FN3O3/c1-38(35(41)32-19-18-29(36)26-34(32)40)22-12-5-3-2-4-6-13-23-39-24-20-30(21-25-39)42-27-37-33-17-11-10-16-31(33)28-14-8-7-9-15-28/h7-11,14-19,26,30,37,40H,2-6,12-13,20-25,27H2,1H3. The SMILES string of the molecule is CN(CCCCCCCCCN1CCC(OCNc2ccccc2-c2ccccc2)CC1)C(=O)c1ccc(F)cc1O. The van der Waals surface area contributed by atoms with Gasteiger partial charge < -0.3 is 25.0 Å². The number of halogens is 1. The fourth-order valence-corrected chi connectivity index (χ4v) is 5.60. The Hall–Kier alpha value is -3.42. The number of para-hydroxylation sites is 1. The summed E-state index contributed by atoms with van der Waals surface area (Å²) in [5, 5.41) is 13.3. The predicted octanol–water partition coefficient (Wildman–Crippen LogP) is 7.55. The molecule has 3 aromatic rings. The van der Waals surface area contributed by atoms with E-state index in [4.69, 9.17) is 4.74 Å². The first-order chi connectivity index (χ1) is 20.5. The number of amides is 1. The number of carbonyl (C=O) groups excluding carboxylic acids is 1. The number of carbonyl (C=O) groups is 1. The first-order valence-electron chi connectivity index (χ1n) is 15.5. The Kier molecular flexibility index (Phi) is 12.7. The zero-order chi connectivity index (χ0) is 29.6. The first kappa shape index (κ1) is 31.5. The molecule has 6 nitrogen and oxygen atoms in total. The van der Waals surface area contributed by atoms with Crippen molar-refractivity contribution in [3.05, 3.63) is 84.2 Å². The molecule has 42 heavy (non-hydrogen) atoms. The summed E-state index contributed by atoms with van der Waals surface area (Å²) in [6.45, 7) is 4.53. The van der Waals surface area contributed by atoms with Crippen LogP contribution >= 0.6 is 0 Å². The predicted molar refractivity (Wildman–Crippen MR) is 168 cm³/mol. The number of likely N-dealkylation sites (tertiary alicyclic amines) is 1. The summed E-state index contributed by atoms with van der Waals surface area (Å²) in [5.74, 6) is -1.13. The van der Waals surface area contributed by atoms with Crippen LogP contribution < -0.4 is 5.32 Å². The lowest BCUT2D eigenvalue weighted by Gasteiger charge is -2.32. The molecule has 0 bridgehead atoms. The molecule has 1 amide bonds. The van der Waals surface area contributed by atoms with Gasteiger partial charge in [-0.2, -0.15) is 0 Å². The van der Waals surface area contributed by atoms with Crippen molar-refractivity contribution in [2.75, 3.05) is 45.3 Å². The average Bonchev–Trinajstić information content (AvgIpc) is 3.01. The molecule has 0 aliphatic carbocycles. The Morgan fingerprint density at radius 1 is 0.929 bits per heavy atom. The third-order valence-corrected chi connectivity index (χ3v) is 8.13. The van der Waals surface area contributed by atoms with Crippen molar-refractivity contribution >= 4 is 11.6 Å². The van der Waals surface area contributed by atoms with E-state index >= 15 is 0 Å². The molecule has 0 radical (unpaired) electrons. The molecule has 4 rings (SSSR count). The number of rotatable bonds is 16. The van der Waals surface area contributed by atoms with Gasteiger partial charge in [-0.1, -0.05) is 80.6 Å². The molecule has 1 saturated heterocycles. The van der Waals surface area contributed by atoms with Gasteiger partial charge in [0.2, 0.25) is 0 Å². The zero-order valence-electron chi connectivity index (χ0n) is 24.9. The van der Waals surface area contributed by atoms with E-state index in [-0.39, 0.29) is 17.2 Å². The highest BCUT2D eigenvalue weighted by Gasteiger charge is 2.19. The van der Waals surface area contributed by atoms with Crippen LogP contribution in [-0.2, 0) is 4.74 Å². The summed E-state index contributed by atoms with van der Waals surface area (Å²) in [6.07, 6.45) is 10.6. The topological polar surface area (TPSA) is 65.0 Å². The number of aromatic hydroxyl groups is 1. The van der Waals surface area contributed by atoms with E-state index in [1.165, 1.54) is 55.5 Å². The van der Waals surface area contributed by atoms with Crippen LogP contribution in [0.4, 0.5) is 10.1 Å². The Morgan fingerprint density at radius 2 is 1.60 bits per heavy atom. The zero-order valence-corrected chi connectivity index (χ0v) is 24.9. The monoisotopic (exact) mass is 575 g/mol. The van der Waals surface area contributed by atoms with E-state index in [1.54, 1.807) is 11.9 Å². The number of benzene rings is 3. The van der Waals surface area contributed by atoms with Gasteiger partial charge in [0.25, 0.3) is 5.91 Å². The maximum Gasteiger partial charge on any atom is 0.257 e. The third-order valence-electron chi connectivity index (χ3n) is 8.13. The number of nitrogens with one attached hydrogen (secondary N) is 1. The smallest absolute Gasteiger partial charge is 0.257 e. The lowest BCUT2D eigenvalue weighted by Crippen LogP contribution is -2.38. The van der Waals surface area contributed by atoms with Crippen LogP contribution in [-0.4, -0.2) is 66.9 Å². The van der Waals surface area contributed by atoms with Crippen LogP contribution in [0, 0.1) is 5.82 Å². The van der Waals surface area contributed by atoms with Gasteiger partial charge in [-0.3, -0.25) is 4.79 Å². The number of piperidine rings is 1. The number of anilines is 1. The largest absolute Gasteiger partial charge is 0.507 e. The summed E-state index contributed by atoms with van der Waals surface area (Å²) in [5.41, 5.74) is 3.65. The highest BCUT2D eigenvalue weighted by Crippen LogP contribution is 2.27. The summed E-state index contributed by atoms with van der Waals surface area (Å²) in [7, 11) is 1.73. The Morgan fingerprint density at radius 3 is 2.33 bits per heavy atom. The molecule has 0 unspecified atom stereocenters. The van der Waals surface area contributed by atoms with E-state index in [2.05, 4.69) is 58.7 Å². The molecule has 0 aromatic heterocycles. The van der Waals surface area contributed by atoms with Gasteiger partial charge in [0, 0.05) is 44.0 Å². The highest BCUT2D eigenvalue weighted by atomic mass is 19.1. The summed E-state index contributed by atoms with van der Waals surface area (Å²) in [6, 6.07) is 22.3. The number of hydrogen-bond donors (Lipinski definition) is 2. The molecule has 1 aliphatic heterocycles. The van der Waals surface area contributed by atoms with Crippen LogP contribution in [0.1, 0.15) is 68.1 Å². The first-order valence-corrected chi connectivity index (χ1v) is 15.5. The minimum atomic E-state index is -0.549. The summed E-state index contributed by atoms with van der Waals surface area (Å²) >= 11 is 0. The number of nitrogens with zero attached hydrogens (tertiary/aromatic N) is 2. The van der Waals surface area contributed by atoms with Gasteiger partial charge >= 0.3 is 0 Å². The van der Waals surface area contributed by atoms with E-state index in [9.17, 15) is 14.3 Å². The number of phenolic OH excluding ortho intramolecular Hbond substituents is 1. The van der Waals surface area contributed by atoms with Gasteiger partial charge in [0.15, 0.2) is 0 Å². The quantitative estimate of drug-likeness (QED) is 0.136. The number of phenols is 1. The van der Waals surface area contributed by atoms with E-state index < -0.39 is 5.82 Å². The van der Waals surface area contributed by atoms with Crippen LogP contribution in [0.15, 0.2) is 72.8 Å². The molecule has 0 saturated carbocycles. The van der Waals surface area contributed by atoms with Crippen LogP contribution in [0.2, 0.25) is 0 Å². The highest BCUT2D eigenvalue weighted by molar-refractivity contribution is 5.96.